The van der Waals surface area contributed by atoms with E-state index in [4.69, 9.17) is 5.84 Å². The SMILES string of the molecule is CN(CC(C)(C)O)C(=O)c1ccc(NN)cc1. The van der Waals surface area contributed by atoms with Gasteiger partial charge in [-0.05, 0) is 38.1 Å². The number of aliphatic hydroxyl groups is 1. The van der Waals surface area contributed by atoms with Crippen LogP contribution in [0.2, 0.25) is 0 Å². The van der Waals surface area contributed by atoms with Crippen molar-refractivity contribution in [3.63, 3.8) is 0 Å². The highest BCUT2D eigenvalue weighted by molar-refractivity contribution is 5.94. The molecule has 1 rings (SSSR count). The van der Waals surface area contributed by atoms with Gasteiger partial charge in [-0.2, -0.15) is 0 Å². The van der Waals surface area contributed by atoms with Crippen molar-refractivity contribution in [2.24, 2.45) is 5.84 Å². The number of amides is 1. The van der Waals surface area contributed by atoms with Crippen LogP contribution in [0.25, 0.3) is 0 Å². The average Bonchev–Trinajstić information content (AvgIpc) is 2.26. The molecule has 0 unspecified atom stereocenters. The summed E-state index contributed by atoms with van der Waals surface area (Å²) in [5.74, 6) is 5.11. The highest BCUT2D eigenvalue weighted by atomic mass is 16.3. The van der Waals surface area contributed by atoms with E-state index in [0.717, 1.165) is 5.69 Å². The summed E-state index contributed by atoms with van der Waals surface area (Å²) in [5, 5.41) is 9.65. The summed E-state index contributed by atoms with van der Waals surface area (Å²) in [7, 11) is 1.66. The van der Waals surface area contributed by atoms with Crippen molar-refractivity contribution in [2.45, 2.75) is 19.4 Å². The Balaban J connectivity index is 2.75. The van der Waals surface area contributed by atoms with Crippen molar-refractivity contribution in [3.8, 4) is 0 Å². The summed E-state index contributed by atoms with van der Waals surface area (Å²) in [5.41, 5.74) is 2.90. The number of benzene rings is 1. The van der Waals surface area contributed by atoms with E-state index < -0.39 is 5.60 Å². The van der Waals surface area contributed by atoms with Crippen LogP contribution in [0, 0.1) is 0 Å². The molecule has 0 aliphatic carbocycles. The lowest BCUT2D eigenvalue weighted by molar-refractivity contribution is 0.0368. The maximum atomic E-state index is 12.0. The first-order valence-electron chi connectivity index (χ1n) is 5.38. The van der Waals surface area contributed by atoms with Gasteiger partial charge >= 0.3 is 0 Å². The Morgan fingerprint density at radius 1 is 1.41 bits per heavy atom. The molecule has 5 heteroatoms. The largest absolute Gasteiger partial charge is 0.389 e. The van der Waals surface area contributed by atoms with Crippen LogP contribution in [0.15, 0.2) is 24.3 Å². The fraction of sp³-hybridized carbons (Fsp3) is 0.417. The van der Waals surface area contributed by atoms with Crippen molar-refractivity contribution in [2.75, 3.05) is 19.0 Å². The van der Waals surface area contributed by atoms with Crippen LogP contribution in [0.1, 0.15) is 24.2 Å². The molecule has 0 aliphatic heterocycles. The van der Waals surface area contributed by atoms with Crippen LogP contribution >= 0.6 is 0 Å². The molecule has 0 spiro atoms. The second-order valence-electron chi connectivity index (χ2n) is 4.70. The standard InChI is InChI=1S/C12H19N3O2/c1-12(2,17)8-15(3)11(16)9-4-6-10(14-13)7-5-9/h4-7,14,17H,8,13H2,1-3H3. The van der Waals surface area contributed by atoms with E-state index in [-0.39, 0.29) is 12.5 Å². The summed E-state index contributed by atoms with van der Waals surface area (Å²) >= 11 is 0. The molecule has 0 atom stereocenters. The second-order valence-corrected chi connectivity index (χ2v) is 4.70. The highest BCUT2D eigenvalue weighted by Crippen LogP contribution is 2.11. The first kappa shape index (κ1) is 13.5. The number of nitrogens with one attached hydrogen (secondary N) is 1. The van der Waals surface area contributed by atoms with Crippen LogP contribution in [-0.4, -0.2) is 35.1 Å². The van der Waals surface area contributed by atoms with Crippen LogP contribution in [0.5, 0.6) is 0 Å². The van der Waals surface area contributed by atoms with Gasteiger partial charge in [-0.3, -0.25) is 10.6 Å². The first-order valence-corrected chi connectivity index (χ1v) is 5.38. The zero-order chi connectivity index (χ0) is 13.1. The fourth-order valence-electron chi connectivity index (χ4n) is 1.58. The van der Waals surface area contributed by atoms with Gasteiger partial charge in [0.25, 0.3) is 5.91 Å². The molecule has 0 bridgehead atoms. The molecule has 1 aromatic rings. The van der Waals surface area contributed by atoms with E-state index in [2.05, 4.69) is 5.43 Å². The Labute approximate surface area is 101 Å². The molecule has 1 amide bonds. The predicted molar refractivity (Wildman–Crippen MR) is 67.5 cm³/mol. The highest BCUT2D eigenvalue weighted by Gasteiger charge is 2.20. The van der Waals surface area contributed by atoms with Crippen molar-refractivity contribution >= 4 is 11.6 Å². The molecule has 94 valence electrons. The predicted octanol–water partition coefficient (Wildman–Crippen LogP) is 0.815. The van der Waals surface area contributed by atoms with E-state index in [1.165, 1.54) is 4.90 Å². The number of carbonyl (C=O) groups is 1. The number of carbonyl (C=O) groups excluding carboxylic acids is 1. The van der Waals surface area contributed by atoms with Crippen molar-refractivity contribution in [3.05, 3.63) is 29.8 Å². The second kappa shape index (κ2) is 5.16. The number of nitrogens with two attached hydrogens (primary N) is 1. The maximum Gasteiger partial charge on any atom is 0.253 e. The lowest BCUT2D eigenvalue weighted by atomic mass is 10.1. The molecule has 0 saturated heterocycles. The Hall–Kier alpha value is -1.59. The minimum atomic E-state index is -0.900. The number of hydrogen-bond acceptors (Lipinski definition) is 4. The Morgan fingerprint density at radius 2 is 1.94 bits per heavy atom. The Morgan fingerprint density at radius 3 is 2.35 bits per heavy atom. The summed E-state index contributed by atoms with van der Waals surface area (Å²) in [4.78, 5) is 13.5. The number of nitrogen functional groups attached to an aromatic ring is 1. The number of likely N-dealkylation sites (N-methyl/N-ethyl adjacent to an activating group) is 1. The van der Waals surface area contributed by atoms with Crippen molar-refractivity contribution in [1.82, 2.24) is 4.90 Å². The van der Waals surface area contributed by atoms with E-state index in [1.807, 2.05) is 0 Å². The molecule has 17 heavy (non-hydrogen) atoms. The summed E-state index contributed by atoms with van der Waals surface area (Å²) < 4.78 is 0. The molecular formula is C12H19N3O2. The topological polar surface area (TPSA) is 78.6 Å². The van der Waals surface area contributed by atoms with Gasteiger partial charge in [0.1, 0.15) is 0 Å². The third kappa shape index (κ3) is 4.05. The number of rotatable bonds is 4. The van der Waals surface area contributed by atoms with Crippen LogP contribution in [0.4, 0.5) is 5.69 Å². The van der Waals surface area contributed by atoms with Gasteiger partial charge < -0.3 is 15.4 Å². The number of nitrogens with zero attached hydrogens (tertiary/aromatic N) is 1. The lowest BCUT2D eigenvalue weighted by Gasteiger charge is -2.25. The fourth-order valence-corrected chi connectivity index (χ4v) is 1.58. The van der Waals surface area contributed by atoms with E-state index >= 15 is 0 Å². The van der Waals surface area contributed by atoms with Gasteiger partial charge in [-0.15, -0.1) is 0 Å². The van der Waals surface area contributed by atoms with E-state index in [1.54, 1.807) is 45.2 Å². The lowest BCUT2D eigenvalue weighted by Crippen LogP contribution is -2.39. The minimum Gasteiger partial charge on any atom is -0.389 e. The van der Waals surface area contributed by atoms with Gasteiger partial charge in [0.2, 0.25) is 0 Å². The Bertz CT molecular complexity index is 382. The van der Waals surface area contributed by atoms with Crippen LogP contribution in [-0.2, 0) is 0 Å². The van der Waals surface area contributed by atoms with Crippen molar-refractivity contribution in [1.29, 1.82) is 0 Å². The summed E-state index contributed by atoms with van der Waals surface area (Å²) in [6.45, 7) is 3.61. The van der Waals surface area contributed by atoms with Crippen molar-refractivity contribution < 1.29 is 9.90 Å². The molecule has 0 aliphatic rings. The molecule has 4 N–H and O–H groups in total. The third-order valence-corrected chi connectivity index (χ3v) is 2.27. The van der Waals surface area contributed by atoms with E-state index in [9.17, 15) is 9.90 Å². The van der Waals surface area contributed by atoms with Crippen LogP contribution < -0.4 is 11.3 Å². The van der Waals surface area contributed by atoms with Crippen LogP contribution in [0.3, 0.4) is 0 Å². The summed E-state index contributed by atoms with van der Waals surface area (Å²) in [6.07, 6.45) is 0. The minimum absolute atomic E-state index is 0.129. The normalized spacial score (nSPS) is 11.1. The summed E-state index contributed by atoms with van der Waals surface area (Å²) in [6, 6.07) is 6.84. The molecule has 0 fully saturated rings. The molecule has 0 radical (unpaired) electrons. The molecule has 1 aromatic carbocycles. The van der Waals surface area contributed by atoms with Gasteiger partial charge in [-0.25, -0.2) is 0 Å². The van der Waals surface area contributed by atoms with Gasteiger partial charge in [-0.1, -0.05) is 0 Å². The first-order chi connectivity index (χ1) is 7.83. The molecule has 0 heterocycles. The number of hydrogen-bond donors (Lipinski definition) is 3. The third-order valence-electron chi connectivity index (χ3n) is 2.27. The van der Waals surface area contributed by atoms with Gasteiger partial charge in [0.05, 0.1) is 5.60 Å². The molecule has 5 nitrogen and oxygen atoms in total. The molecular weight excluding hydrogens is 218 g/mol. The molecule has 0 saturated carbocycles. The monoisotopic (exact) mass is 237 g/mol. The number of hydrazine groups is 1. The zero-order valence-electron chi connectivity index (χ0n) is 10.4. The average molecular weight is 237 g/mol. The van der Waals surface area contributed by atoms with Gasteiger partial charge in [0.15, 0.2) is 0 Å². The smallest absolute Gasteiger partial charge is 0.253 e. The number of anilines is 1. The Kier molecular flexibility index (Phi) is 4.09. The maximum absolute atomic E-state index is 12.0. The van der Waals surface area contributed by atoms with E-state index in [0.29, 0.717) is 5.56 Å². The molecule has 0 aromatic heterocycles. The quantitative estimate of drug-likeness (QED) is 0.535. The zero-order valence-corrected chi connectivity index (χ0v) is 10.4. The van der Waals surface area contributed by atoms with Gasteiger partial charge in [0, 0.05) is 24.8 Å².